The van der Waals surface area contributed by atoms with Crippen molar-refractivity contribution in [1.29, 1.82) is 0 Å². The number of hydrogen-bond donors (Lipinski definition) is 2. The van der Waals surface area contributed by atoms with Crippen LogP contribution in [-0.2, 0) is 0 Å². The standard InChI is InChI=1S/C11H22N2/c1-11(2)6-10(8-13-11)12-7-9-4-3-5-9/h9-10,12-13H,3-8H2,1-2H3. The van der Waals surface area contributed by atoms with Crippen LogP contribution in [0.25, 0.3) is 0 Å². The SMILES string of the molecule is CC1(C)CC(NCC2CCC2)CN1. The van der Waals surface area contributed by atoms with Crippen molar-refractivity contribution in [2.45, 2.75) is 51.1 Å². The van der Waals surface area contributed by atoms with Crippen molar-refractivity contribution < 1.29 is 0 Å². The summed E-state index contributed by atoms with van der Waals surface area (Å²) in [7, 11) is 0. The quantitative estimate of drug-likeness (QED) is 0.691. The minimum Gasteiger partial charge on any atom is -0.312 e. The van der Waals surface area contributed by atoms with Crippen LogP contribution in [0.3, 0.4) is 0 Å². The highest BCUT2D eigenvalue weighted by molar-refractivity contribution is 4.93. The smallest absolute Gasteiger partial charge is 0.0210 e. The zero-order chi connectivity index (χ0) is 9.31. The average Bonchev–Trinajstić information content (AvgIpc) is 2.27. The van der Waals surface area contributed by atoms with Crippen molar-refractivity contribution in [1.82, 2.24) is 10.6 Å². The highest BCUT2D eigenvalue weighted by Gasteiger charge is 2.30. The van der Waals surface area contributed by atoms with Crippen LogP contribution < -0.4 is 10.6 Å². The molecule has 0 bridgehead atoms. The molecular formula is C11H22N2. The van der Waals surface area contributed by atoms with Gasteiger partial charge in [0, 0.05) is 18.1 Å². The van der Waals surface area contributed by atoms with Crippen LogP contribution in [0.15, 0.2) is 0 Å². The summed E-state index contributed by atoms with van der Waals surface area (Å²) in [5.41, 5.74) is 0.358. The van der Waals surface area contributed by atoms with E-state index in [1.165, 1.54) is 32.2 Å². The summed E-state index contributed by atoms with van der Waals surface area (Å²) in [4.78, 5) is 0. The fraction of sp³-hybridized carbons (Fsp3) is 1.00. The molecule has 2 rings (SSSR count). The Labute approximate surface area is 81.5 Å². The molecule has 1 heterocycles. The van der Waals surface area contributed by atoms with Gasteiger partial charge in [-0.3, -0.25) is 0 Å². The second-order valence-corrected chi connectivity index (χ2v) is 5.37. The third kappa shape index (κ3) is 2.44. The molecule has 0 aromatic carbocycles. The molecule has 0 aromatic rings. The highest BCUT2D eigenvalue weighted by atomic mass is 15.1. The summed E-state index contributed by atoms with van der Waals surface area (Å²) in [6.45, 7) is 6.98. The molecule has 2 N–H and O–H groups in total. The highest BCUT2D eigenvalue weighted by Crippen LogP contribution is 2.26. The van der Waals surface area contributed by atoms with E-state index in [0.717, 1.165) is 18.5 Å². The van der Waals surface area contributed by atoms with Crippen LogP contribution in [-0.4, -0.2) is 24.7 Å². The predicted octanol–water partition coefficient (Wildman–Crippen LogP) is 1.52. The van der Waals surface area contributed by atoms with E-state index < -0.39 is 0 Å². The monoisotopic (exact) mass is 182 g/mol. The zero-order valence-corrected chi connectivity index (χ0v) is 8.90. The van der Waals surface area contributed by atoms with Crippen LogP contribution in [0.1, 0.15) is 39.5 Å². The number of hydrogen-bond acceptors (Lipinski definition) is 2. The molecule has 0 aromatic heterocycles. The largest absolute Gasteiger partial charge is 0.312 e. The van der Waals surface area contributed by atoms with E-state index in [4.69, 9.17) is 0 Å². The minimum atomic E-state index is 0.358. The lowest BCUT2D eigenvalue weighted by molar-refractivity contribution is 0.289. The molecule has 2 heteroatoms. The maximum absolute atomic E-state index is 3.68. The maximum Gasteiger partial charge on any atom is 0.0210 e. The molecule has 2 fully saturated rings. The molecule has 13 heavy (non-hydrogen) atoms. The van der Waals surface area contributed by atoms with Crippen molar-refractivity contribution in [3.8, 4) is 0 Å². The van der Waals surface area contributed by atoms with Gasteiger partial charge >= 0.3 is 0 Å². The molecule has 1 saturated heterocycles. The first kappa shape index (κ1) is 9.47. The van der Waals surface area contributed by atoms with Gasteiger partial charge in [-0.1, -0.05) is 6.42 Å². The molecule has 0 radical (unpaired) electrons. The van der Waals surface area contributed by atoms with Gasteiger partial charge in [0.2, 0.25) is 0 Å². The Bertz CT molecular complexity index is 173. The summed E-state index contributed by atoms with van der Waals surface area (Å²) >= 11 is 0. The maximum atomic E-state index is 3.68. The van der Waals surface area contributed by atoms with Gasteiger partial charge in [0.15, 0.2) is 0 Å². The first-order valence-corrected chi connectivity index (χ1v) is 5.64. The molecule has 1 saturated carbocycles. The average molecular weight is 182 g/mol. The Morgan fingerprint density at radius 1 is 1.38 bits per heavy atom. The van der Waals surface area contributed by atoms with Gasteiger partial charge in [-0.15, -0.1) is 0 Å². The third-order valence-corrected chi connectivity index (χ3v) is 3.50. The number of nitrogens with one attached hydrogen (secondary N) is 2. The summed E-state index contributed by atoms with van der Waals surface area (Å²) in [5.74, 6) is 0.990. The molecule has 1 atom stereocenters. The normalized spacial score (nSPS) is 33.2. The van der Waals surface area contributed by atoms with E-state index in [0.29, 0.717) is 5.54 Å². The van der Waals surface area contributed by atoms with Gasteiger partial charge in [0.25, 0.3) is 0 Å². The summed E-state index contributed by atoms with van der Waals surface area (Å²) < 4.78 is 0. The summed E-state index contributed by atoms with van der Waals surface area (Å²) in [6.07, 6.45) is 5.65. The van der Waals surface area contributed by atoms with Crippen molar-refractivity contribution in [2.24, 2.45) is 5.92 Å². The molecule has 1 aliphatic heterocycles. The lowest BCUT2D eigenvalue weighted by Gasteiger charge is -2.27. The van der Waals surface area contributed by atoms with Gasteiger partial charge in [0.05, 0.1) is 0 Å². The molecule has 0 amide bonds. The van der Waals surface area contributed by atoms with Crippen molar-refractivity contribution in [2.75, 3.05) is 13.1 Å². The topological polar surface area (TPSA) is 24.1 Å². The Morgan fingerprint density at radius 3 is 2.62 bits per heavy atom. The molecule has 2 aliphatic rings. The molecule has 76 valence electrons. The fourth-order valence-corrected chi connectivity index (χ4v) is 2.33. The van der Waals surface area contributed by atoms with Gasteiger partial charge in [0.1, 0.15) is 0 Å². The van der Waals surface area contributed by atoms with Gasteiger partial charge in [-0.25, -0.2) is 0 Å². The molecular weight excluding hydrogens is 160 g/mol. The second-order valence-electron chi connectivity index (χ2n) is 5.37. The van der Waals surface area contributed by atoms with Crippen LogP contribution >= 0.6 is 0 Å². The lowest BCUT2D eigenvalue weighted by atomic mass is 9.85. The van der Waals surface area contributed by atoms with Crippen LogP contribution in [0.2, 0.25) is 0 Å². The van der Waals surface area contributed by atoms with Crippen LogP contribution in [0.5, 0.6) is 0 Å². The Hall–Kier alpha value is -0.0800. The van der Waals surface area contributed by atoms with E-state index in [1.54, 1.807) is 0 Å². The first-order valence-electron chi connectivity index (χ1n) is 5.64. The minimum absolute atomic E-state index is 0.358. The third-order valence-electron chi connectivity index (χ3n) is 3.50. The molecule has 1 unspecified atom stereocenters. The van der Waals surface area contributed by atoms with Crippen LogP contribution in [0.4, 0.5) is 0 Å². The predicted molar refractivity (Wildman–Crippen MR) is 55.8 cm³/mol. The van der Waals surface area contributed by atoms with E-state index in [-0.39, 0.29) is 0 Å². The molecule has 0 spiro atoms. The van der Waals surface area contributed by atoms with E-state index in [2.05, 4.69) is 24.5 Å². The van der Waals surface area contributed by atoms with Gasteiger partial charge in [-0.2, -0.15) is 0 Å². The fourth-order valence-electron chi connectivity index (χ4n) is 2.33. The van der Waals surface area contributed by atoms with Crippen molar-refractivity contribution in [3.05, 3.63) is 0 Å². The zero-order valence-electron chi connectivity index (χ0n) is 8.90. The van der Waals surface area contributed by atoms with Crippen molar-refractivity contribution in [3.63, 3.8) is 0 Å². The molecule has 1 aliphatic carbocycles. The lowest BCUT2D eigenvalue weighted by Crippen LogP contribution is -2.36. The van der Waals surface area contributed by atoms with E-state index in [9.17, 15) is 0 Å². The van der Waals surface area contributed by atoms with Gasteiger partial charge < -0.3 is 10.6 Å². The van der Waals surface area contributed by atoms with Gasteiger partial charge in [-0.05, 0) is 45.6 Å². The second kappa shape index (κ2) is 3.58. The Kier molecular flexibility index (Phi) is 2.61. The van der Waals surface area contributed by atoms with Crippen LogP contribution in [0, 0.1) is 5.92 Å². The number of rotatable bonds is 3. The summed E-state index contributed by atoms with van der Waals surface area (Å²) in [6, 6.07) is 0.718. The Balaban J connectivity index is 1.65. The molecule has 2 nitrogen and oxygen atoms in total. The van der Waals surface area contributed by atoms with E-state index in [1.807, 2.05) is 0 Å². The van der Waals surface area contributed by atoms with E-state index >= 15 is 0 Å². The Morgan fingerprint density at radius 2 is 2.15 bits per heavy atom. The van der Waals surface area contributed by atoms with Crippen molar-refractivity contribution >= 4 is 0 Å². The first-order chi connectivity index (χ1) is 6.16. The summed E-state index contributed by atoms with van der Waals surface area (Å²) in [5, 5.41) is 7.22.